The zero-order valence-electron chi connectivity index (χ0n) is 8.69. The van der Waals surface area contributed by atoms with E-state index in [0.717, 1.165) is 0 Å². The topological polar surface area (TPSA) is 43.4 Å². The molecule has 0 N–H and O–H groups in total. The van der Waals surface area contributed by atoms with E-state index < -0.39 is 15.2 Å². The predicted molar refractivity (Wildman–Crippen MR) is 61.1 cm³/mol. The second kappa shape index (κ2) is 5.50. The third kappa shape index (κ3) is 4.37. The molecule has 0 fully saturated rings. The van der Waals surface area contributed by atoms with Crippen molar-refractivity contribution in [3.63, 3.8) is 0 Å². The molecule has 1 atom stereocenters. The third-order valence-corrected chi connectivity index (χ3v) is 3.28. The third-order valence-electron chi connectivity index (χ3n) is 2.09. The number of hydrogen-bond donors (Lipinski definition) is 0. The Kier molecular flexibility index (Phi) is 4.56. The maximum absolute atomic E-state index is 13.5. The molecule has 6 heteroatoms. The zero-order valence-corrected chi connectivity index (χ0v) is 10.3. The first-order valence-corrected chi connectivity index (χ1v) is 7.10. The van der Waals surface area contributed by atoms with Gasteiger partial charge in [0.25, 0.3) is 0 Å². The van der Waals surface area contributed by atoms with E-state index in [-0.39, 0.29) is 12.2 Å². The molecule has 0 spiro atoms. The molecule has 0 saturated carbocycles. The van der Waals surface area contributed by atoms with Gasteiger partial charge in [-0.25, -0.2) is 12.8 Å². The molecule has 16 heavy (non-hydrogen) atoms. The summed E-state index contributed by atoms with van der Waals surface area (Å²) in [7, 11) is 2.88. The minimum atomic E-state index is -3.63. The average Bonchev–Trinajstić information content (AvgIpc) is 2.25. The van der Waals surface area contributed by atoms with Gasteiger partial charge in [0.1, 0.15) is 11.9 Å². The Labute approximate surface area is 98.6 Å². The van der Waals surface area contributed by atoms with E-state index in [1.165, 1.54) is 7.11 Å². The second-order valence-electron chi connectivity index (χ2n) is 3.27. The quantitative estimate of drug-likeness (QED) is 0.770. The lowest BCUT2D eigenvalue weighted by molar-refractivity contribution is 0.334. The smallest absolute Gasteiger partial charge is 0.232 e. The molecule has 0 radical (unpaired) electrons. The first-order valence-electron chi connectivity index (χ1n) is 4.63. The minimum absolute atomic E-state index is 0.141. The van der Waals surface area contributed by atoms with E-state index in [0.29, 0.717) is 11.3 Å². The lowest BCUT2D eigenvalue weighted by Crippen LogP contribution is -2.02. The Bertz CT molecular complexity index is 430. The summed E-state index contributed by atoms with van der Waals surface area (Å²) in [4.78, 5) is 0. The Balaban J connectivity index is 2.62. The normalized spacial score (nSPS) is 13.4. The van der Waals surface area contributed by atoms with Crippen molar-refractivity contribution >= 4 is 19.7 Å². The SMILES string of the molecule is COc1ccc(C(F)CCS(=O)(=O)Cl)cc1. The molecule has 90 valence electrons. The van der Waals surface area contributed by atoms with Gasteiger partial charge in [0, 0.05) is 10.7 Å². The summed E-state index contributed by atoms with van der Waals surface area (Å²) >= 11 is 0. The van der Waals surface area contributed by atoms with Crippen LogP contribution in [0.5, 0.6) is 5.75 Å². The largest absolute Gasteiger partial charge is 0.497 e. The summed E-state index contributed by atoms with van der Waals surface area (Å²) < 4.78 is 39.8. The molecule has 1 rings (SSSR count). The Morgan fingerprint density at radius 3 is 2.38 bits per heavy atom. The Hall–Kier alpha value is -0.810. The molecular weight excluding hydrogens is 255 g/mol. The summed E-state index contributed by atoms with van der Waals surface area (Å²) in [5.41, 5.74) is 0.418. The van der Waals surface area contributed by atoms with Crippen molar-refractivity contribution in [3.8, 4) is 5.75 Å². The van der Waals surface area contributed by atoms with Crippen molar-refractivity contribution < 1.29 is 17.5 Å². The molecule has 1 unspecified atom stereocenters. The van der Waals surface area contributed by atoms with Gasteiger partial charge in [-0.3, -0.25) is 0 Å². The highest BCUT2D eigenvalue weighted by atomic mass is 35.7. The van der Waals surface area contributed by atoms with Crippen LogP contribution in [-0.4, -0.2) is 21.3 Å². The lowest BCUT2D eigenvalue weighted by atomic mass is 10.1. The maximum Gasteiger partial charge on any atom is 0.232 e. The van der Waals surface area contributed by atoms with Crippen molar-refractivity contribution in [2.75, 3.05) is 12.9 Å². The molecule has 1 aromatic carbocycles. The van der Waals surface area contributed by atoms with E-state index in [1.54, 1.807) is 24.3 Å². The molecule has 0 aliphatic heterocycles. The zero-order chi connectivity index (χ0) is 12.2. The number of hydrogen-bond acceptors (Lipinski definition) is 3. The van der Waals surface area contributed by atoms with E-state index in [1.807, 2.05) is 0 Å². The van der Waals surface area contributed by atoms with Crippen LogP contribution in [0.2, 0.25) is 0 Å². The number of rotatable bonds is 5. The monoisotopic (exact) mass is 266 g/mol. The first-order chi connectivity index (χ1) is 7.42. The summed E-state index contributed by atoms with van der Waals surface area (Å²) in [6, 6.07) is 6.36. The molecule has 0 aliphatic rings. The number of benzene rings is 1. The summed E-state index contributed by atoms with van der Waals surface area (Å²) in [5.74, 6) is 0.253. The molecule has 0 bridgehead atoms. The van der Waals surface area contributed by atoms with Gasteiger partial charge in [0.05, 0.1) is 12.9 Å². The highest BCUT2D eigenvalue weighted by Gasteiger charge is 2.14. The van der Waals surface area contributed by atoms with Gasteiger partial charge in [-0.1, -0.05) is 12.1 Å². The Morgan fingerprint density at radius 2 is 1.94 bits per heavy atom. The van der Waals surface area contributed by atoms with E-state index >= 15 is 0 Å². The van der Waals surface area contributed by atoms with Crippen LogP contribution in [0.4, 0.5) is 4.39 Å². The average molecular weight is 267 g/mol. The van der Waals surface area contributed by atoms with Gasteiger partial charge >= 0.3 is 0 Å². The molecule has 1 aromatic rings. The van der Waals surface area contributed by atoms with Gasteiger partial charge in [0.2, 0.25) is 9.05 Å². The van der Waals surface area contributed by atoms with Crippen LogP contribution in [0, 0.1) is 0 Å². The van der Waals surface area contributed by atoms with Crippen molar-refractivity contribution in [1.29, 1.82) is 0 Å². The predicted octanol–water partition coefficient (Wildman–Crippen LogP) is 2.66. The van der Waals surface area contributed by atoms with Crippen molar-refractivity contribution in [2.24, 2.45) is 0 Å². The van der Waals surface area contributed by atoms with Crippen molar-refractivity contribution in [3.05, 3.63) is 29.8 Å². The summed E-state index contributed by atoms with van der Waals surface area (Å²) in [5, 5.41) is 0. The maximum atomic E-state index is 13.5. The van der Waals surface area contributed by atoms with Gasteiger partial charge in [0.15, 0.2) is 0 Å². The molecule has 0 amide bonds. The number of halogens is 2. The fourth-order valence-corrected chi connectivity index (χ4v) is 1.98. The molecule has 3 nitrogen and oxygen atoms in total. The highest BCUT2D eigenvalue weighted by Crippen LogP contribution is 2.24. The van der Waals surface area contributed by atoms with Crippen molar-refractivity contribution in [1.82, 2.24) is 0 Å². The van der Waals surface area contributed by atoms with Crippen LogP contribution in [0.15, 0.2) is 24.3 Å². The lowest BCUT2D eigenvalue weighted by Gasteiger charge is -2.08. The molecular formula is C10H12ClFO3S. The van der Waals surface area contributed by atoms with Crippen LogP contribution < -0.4 is 4.74 Å². The van der Waals surface area contributed by atoms with E-state index in [9.17, 15) is 12.8 Å². The first kappa shape index (κ1) is 13.3. The van der Waals surface area contributed by atoms with Crippen molar-refractivity contribution in [2.45, 2.75) is 12.6 Å². The Morgan fingerprint density at radius 1 is 1.38 bits per heavy atom. The molecule has 0 aromatic heterocycles. The molecule has 0 aliphatic carbocycles. The van der Waals surface area contributed by atoms with Gasteiger partial charge < -0.3 is 4.74 Å². The van der Waals surface area contributed by atoms with Crippen LogP contribution in [0.25, 0.3) is 0 Å². The minimum Gasteiger partial charge on any atom is -0.497 e. The number of ether oxygens (including phenoxy) is 1. The fourth-order valence-electron chi connectivity index (χ4n) is 1.22. The molecule has 0 heterocycles. The van der Waals surface area contributed by atoms with E-state index in [4.69, 9.17) is 15.4 Å². The number of alkyl halides is 1. The standard InChI is InChI=1S/C10H12ClFO3S/c1-15-9-4-2-8(3-5-9)10(12)6-7-16(11,13)14/h2-5,10H,6-7H2,1H3. The van der Waals surface area contributed by atoms with Gasteiger partial charge in [-0.15, -0.1) is 0 Å². The van der Waals surface area contributed by atoms with E-state index in [2.05, 4.69) is 0 Å². The second-order valence-corrected chi connectivity index (χ2v) is 6.17. The molecule has 0 saturated heterocycles. The highest BCUT2D eigenvalue weighted by molar-refractivity contribution is 8.13. The van der Waals surface area contributed by atoms with Crippen LogP contribution in [0.1, 0.15) is 18.2 Å². The van der Waals surface area contributed by atoms with Crippen LogP contribution in [-0.2, 0) is 9.05 Å². The number of methoxy groups -OCH3 is 1. The van der Waals surface area contributed by atoms with Gasteiger partial charge in [-0.05, 0) is 24.1 Å². The van der Waals surface area contributed by atoms with Crippen LogP contribution >= 0.6 is 10.7 Å². The van der Waals surface area contributed by atoms with Gasteiger partial charge in [-0.2, -0.15) is 0 Å². The summed E-state index contributed by atoms with van der Waals surface area (Å²) in [6.45, 7) is 0. The summed E-state index contributed by atoms with van der Waals surface area (Å²) in [6.07, 6.45) is -1.47. The van der Waals surface area contributed by atoms with Crippen LogP contribution in [0.3, 0.4) is 0 Å². The fraction of sp³-hybridized carbons (Fsp3) is 0.400.